The van der Waals surface area contributed by atoms with Gasteiger partial charge in [0.05, 0.1) is 0 Å². The van der Waals surface area contributed by atoms with Crippen LogP contribution >= 0.6 is 0 Å². The molecule has 166 valence electrons. The molecule has 3 nitrogen and oxygen atoms in total. The van der Waals surface area contributed by atoms with E-state index in [-0.39, 0.29) is 22.9 Å². The van der Waals surface area contributed by atoms with Gasteiger partial charge in [-0.3, -0.25) is 9.59 Å². The van der Waals surface area contributed by atoms with Crippen LogP contribution in [0.1, 0.15) is 87.6 Å². The van der Waals surface area contributed by atoms with Crippen molar-refractivity contribution in [3.05, 3.63) is 58.2 Å². The number of allylic oxidation sites excluding steroid dienone is 4. The van der Waals surface area contributed by atoms with Crippen LogP contribution in [0.4, 0.5) is 0 Å². The fourth-order valence-electron chi connectivity index (χ4n) is 7.33. The zero-order valence-corrected chi connectivity index (χ0v) is 19.3. The summed E-state index contributed by atoms with van der Waals surface area (Å²) < 4.78 is 0. The quantitative estimate of drug-likeness (QED) is 0.497. The van der Waals surface area contributed by atoms with E-state index in [0.717, 1.165) is 44.1 Å². The van der Waals surface area contributed by atoms with Crippen LogP contribution in [0.5, 0.6) is 0 Å². The molecule has 4 aliphatic rings. The van der Waals surface area contributed by atoms with Crippen LogP contribution in [-0.2, 0) is 4.79 Å². The molecule has 2 fully saturated rings. The zero-order valence-electron chi connectivity index (χ0n) is 19.3. The second kappa shape index (κ2) is 7.56. The Balaban J connectivity index is 1.68. The van der Waals surface area contributed by atoms with Crippen molar-refractivity contribution in [3.63, 3.8) is 0 Å². The molecule has 1 aromatic rings. The van der Waals surface area contributed by atoms with Gasteiger partial charge in [0.2, 0.25) is 0 Å². The van der Waals surface area contributed by atoms with Gasteiger partial charge >= 0.3 is 0 Å². The number of hydrogen-bond donors (Lipinski definition) is 1. The summed E-state index contributed by atoms with van der Waals surface area (Å²) in [5.41, 5.74) is 4.84. The van der Waals surface area contributed by atoms with Gasteiger partial charge in [-0.25, -0.2) is 0 Å². The van der Waals surface area contributed by atoms with Crippen LogP contribution in [0.15, 0.2) is 47.1 Å². The maximum absolute atomic E-state index is 12.1. The molecule has 0 saturated heterocycles. The van der Waals surface area contributed by atoms with Crippen molar-refractivity contribution in [2.24, 2.45) is 17.3 Å². The van der Waals surface area contributed by atoms with E-state index in [1.807, 2.05) is 25.1 Å². The molecule has 0 heterocycles. The lowest BCUT2D eigenvalue weighted by Crippen LogP contribution is -2.51. The van der Waals surface area contributed by atoms with Gasteiger partial charge in [-0.15, -0.1) is 5.92 Å². The zero-order chi connectivity index (χ0) is 22.7. The molecule has 0 amide bonds. The number of fused-ring (bicyclic) bond motifs is 4. The largest absolute Gasteiger partial charge is 0.377 e. The van der Waals surface area contributed by atoms with E-state index in [2.05, 4.69) is 30.9 Å². The number of ketones is 2. The van der Waals surface area contributed by atoms with Crippen molar-refractivity contribution in [2.45, 2.75) is 77.2 Å². The second-order valence-corrected chi connectivity index (χ2v) is 10.4. The Bertz CT molecular complexity index is 1110. The lowest BCUT2D eigenvalue weighted by atomic mass is 9.51. The number of hydrogen-bond acceptors (Lipinski definition) is 3. The summed E-state index contributed by atoms with van der Waals surface area (Å²) in [7, 11) is 0. The van der Waals surface area contributed by atoms with Gasteiger partial charge < -0.3 is 5.11 Å². The Morgan fingerprint density at radius 2 is 1.88 bits per heavy atom. The highest BCUT2D eigenvalue weighted by atomic mass is 16.3. The summed E-state index contributed by atoms with van der Waals surface area (Å²) in [5.74, 6) is 7.53. The van der Waals surface area contributed by atoms with E-state index in [1.54, 1.807) is 6.92 Å². The van der Waals surface area contributed by atoms with Crippen molar-refractivity contribution < 1.29 is 14.7 Å². The van der Waals surface area contributed by atoms with Gasteiger partial charge in [0.15, 0.2) is 11.6 Å². The summed E-state index contributed by atoms with van der Waals surface area (Å²) in [5, 5.41) is 11.7. The highest BCUT2D eigenvalue weighted by Crippen LogP contribution is 2.66. The minimum absolute atomic E-state index is 0.0733. The van der Waals surface area contributed by atoms with Crippen molar-refractivity contribution in [1.82, 2.24) is 0 Å². The van der Waals surface area contributed by atoms with Gasteiger partial charge in [0.1, 0.15) is 5.60 Å². The highest BCUT2D eigenvalue weighted by Gasteiger charge is 2.62. The van der Waals surface area contributed by atoms with Crippen LogP contribution in [0, 0.1) is 29.1 Å². The molecule has 5 atom stereocenters. The van der Waals surface area contributed by atoms with Crippen molar-refractivity contribution in [3.8, 4) is 11.8 Å². The van der Waals surface area contributed by atoms with E-state index < -0.39 is 5.60 Å². The Kier molecular flexibility index (Phi) is 5.06. The molecule has 0 bridgehead atoms. The number of carbonyl (C=O) groups excluding carboxylic acids is 2. The number of aliphatic hydroxyl groups is 1. The number of rotatable bonds is 2. The first-order chi connectivity index (χ1) is 15.3. The van der Waals surface area contributed by atoms with Crippen molar-refractivity contribution in [2.75, 3.05) is 0 Å². The lowest BCUT2D eigenvalue weighted by Gasteiger charge is -2.53. The van der Waals surface area contributed by atoms with Crippen molar-refractivity contribution >= 4 is 11.6 Å². The molecule has 0 aromatic heterocycles. The maximum atomic E-state index is 12.1. The third kappa shape index (κ3) is 3.07. The molecule has 5 rings (SSSR count). The van der Waals surface area contributed by atoms with E-state index in [1.165, 1.54) is 22.3 Å². The standard InChI is InChI=1S/C29H32O3/c1-4-14-29(32)15-13-26-24-11-9-21-16-22(31)10-12-23(21)27(24)25(17-28(26,29)3)20-7-5-19(6-8-20)18(2)30/h5-8,16,24-26,32H,9-13,15,17H2,1-3H3/t24-,25+,26-,28-,29-/m0/s1. The van der Waals surface area contributed by atoms with E-state index in [9.17, 15) is 14.7 Å². The lowest BCUT2D eigenvalue weighted by molar-refractivity contribution is -0.114. The fraction of sp³-hybridized carbons (Fsp3) is 0.517. The number of benzene rings is 1. The summed E-state index contributed by atoms with van der Waals surface area (Å²) in [4.78, 5) is 24.0. The predicted octanol–water partition coefficient (Wildman–Crippen LogP) is 5.54. The molecule has 1 aromatic carbocycles. The average molecular weight is 429 g/mol. The van der Waals surface area contributed by atoms with Gasteiger partial charge in [0.25, 0.3) is 0 Å². The minimum atomic E-state index is -0.959. The molecular weight excluding hydrogens is 396 g/mol. The van der Waals surface area contributed by atoms with Gasteiger partial charge in [0, 0.05) is 23.3 Å². The monoisotopic (exact) mass is 428 g/mol. The maximum Gasteiger partial charge on any atom is 0.159 e. The highest BCUT2D eigenvalue weighted by molar-refractivity contribution is 5.94. The Morgan fingerprint density at radius 3 is 2.56 bits per heavy atom. The molecule has 3 heteroatoms. The first-order valence-corrected chi connectivity index (χ1v) is 12.0. The number of Topliss-reactive ketones (excluding diaryl/α,β-unsaturated/α-hetero) is 1. The van der Waals surface area contributed by atoms with Crippen LogP contribution in [-0.4, -0.2) is 22.3 Å². The van der Waals surface area contributed by atoms with Gasteiger partial charge in [-0.1, -0.05) is 42.7 Å². The SMILES string of the molecule is CC#C[C@]1(O)CC[C@H]2[C@@H]3CCC4=CC(=O)CCC4=C3[C@@H](c3ccc(C(C)=O)cc3)C[C@@]21C. The third-order valence-corrected chi connectivity index (χ3v) is 8.94. The molecule has 0 aliphatic heterocycles. The molecule has 32 heavy (non-hydrogen) atoms. The Labute approximate surface area is 191 Å². The van der Waals surface area contributed by atoms with Gasteiger partial charge in [-0.2, -0.15) is 0 Å². The molecule has 1 N–H and O–H groups in total. The minimum Gasteiger partial charge on any atom is -0.377 e. The molecule has 4 aliphatic carbocycles. The van der Waals surface area contributed by atoms with E-state index >= 15 is 0 Å². The molecule has 0 unspecified atom stereocenters. The predicted molar refractivity (Wildman–Crippen MR) is 125 cm³/mol. The number of carbonyl (C=O) groups is 2. The first kappa shape index (κ1) is 21.4. The van der Waals surface area contributed by atoms with Crippen LogP contribution < -0.4 is 0 Å². The molecule has 0 spiro atoms. The molecule has 0 radical (unpaired) electrons. The fourth-order valence-corrected chi connectivity index (χ4v) is 7.33. The molecular formula is C29H32O3. The Morgan fingerprint density at radius 1 is 1.12 bits per heavy atom. The van der Waals surface area contributed by atoms with Crippen LogP contribution in [0.2, 0.25) is 0 Å². The van der Waals surface area contributed by atoms with E-state index in [4.69, 9.17) is 0 Å². The van der Waals surface area contributed by atoms with Crippen molar-refractivity contribution in [1.29, 1.82) is 0 Å². The van der Waals surface area contributed by atoms with Crippen LogP contribution in [0.3, 0.4) is 0 Å². The third-order valence-electron chi connectivity index (χ3n) is 8.94. The first-order valence-electron chi connectivity index (χ1n) is 12.0. The van der Waals surface area contributed by atoms with Gasteiger partial charge in [-0.05, 0) is 87.0 Å². The summed E-state index contributed by atoms with van der Waals surface area (Å²) in [6.07, 6.45) is 7.88. The Hall–Kier alpha value is -2.44. The van der Waals surface area contributed by atoms with E-state index in [0.29, 0.717) is 18.3 Å². The summed E-state index contributed by atoms with van der Waals surface area (Å²) in [6, 6.07) is 8.06. The normalized spacial score (nSPS) is 35.8. The molecule has 2 saturated carbocycles. The summed E-state index contributed by atoms with van der Waals surface area (Å²) >= 11 is 0. The second-order valence-electron chi connectivity index (χ2n) is 10.4. The topological polar surface area (TPSA) is 54.4 Å². The van der Waals surface area contributed by atoms with Crippen LogP contribution in [0.25, 0.3) is 0 Å². The summed E-state index contributed by atoms with van der Waals surface area (Å²) in [6.45, 7) is 5.67. The average Bonchev–Trinajstić information content (AvgIpc) is 3.03. The smallest absolute Gasteiger partial charge is 0.159 e.